The van der Waals surface area contributed by atoms with Gasteiger partial charge in [-0.2, -0.15) is 0 Å². The molecule has 0 unspecified atom stereocenters. The summed E-state index contributed by atoms with van der Waals surface area (Å²) in [6.07, 6.45) is 5.60. The maximum absolute atomic E-state index is 12.9. The quantitative estimate of drug-likeness (QED) is 0.894. The Labute approximate surface area is 121 Å². The highest BCUT2D eigenvalue weighted by atomic mass is 16.2. The van der Waals surface area contributed by atoms with Crippen LogP contribution in [0.2, 0.25) is 0 Å². The molecule has 3 heteroatoms. The zero-order chi connectivity index (χ0) is 13.9. The van der Waals surface area contributed by atoms with Gasteiger partial charge in [0.05, 0.1) is 0 Å². The lowest BCUT2D eigenvalue weighted by molar-refractivity contribution is 0.0739. The summed E-state index contributed by atoms with van der Waals surface area (Å²) in [6, 6.07) is 6.70. The minimum atomic E-state index is 0.264. The first kappa shape index (κ1) is 13.6. The van der Waals surface area contributed by atoms with Crippen molar-refractivity contribution in [2.24, 2.45) is 0 Å². The largest absolute Gasteiger partial charge is 0.336 e. The van der Waals surface area contributed by atoms with Crippen molar-refractivity contribution in [1.82, 2.24) is 10.2 Å². The van der Waals surface area contributed by atoms with E-state index >= 15 is 0 Å². The van der Waals surface area contributed by atoms with Crippen LogP contribution in [0.5, 0.6) is 0 Å². The SMILES string of the molecule is CCCCN(C(=O)c1cccc2c1CCNC2)C1CC1. The normalized spacial score (nSPS) is 17.6. The molecule has 20 heavy (non-hydrogen) atoms. The average Bonchev–Trinajstić information content (AvgIpc) is 3.31. The zero-order valence-corrected chi connectivity index (χ0v) is 12.3. The van der Waals surface area contributed by atoms with Crippen LogP contribution in [0.4, 0.5) is 0 Å². The van der Waals surface area contributed by atoms with Gasteiger partial charge in [-0.3, -0.25) is 4.79 Å². The van der Waals surface area contributed by atoms with E-state index in [4.69, 9.17) is 0 Å². The standard InChI is InChI=1S/C17H24N2O/c1-2-3-11-19(14-7-8-14)17(20)16-6-4-5-13-12-18-10-9-15(13)16/h4-6,14,18H,2-3,7-12H2,1H3. The molecule has 1 amide bonds. The van der Waals surface area contributed by atoms with Crippen molar-refractivity contribution in [3.8, 4) is 0 Å². The second kappa shape index (κ2) is 5.96. The molecule has 0 atom stereocenters. The number of amides is 1. The summed E-state index contributed by atoms with van der Waals surface area (Å²) in [5, 5.41) is 3.38. The summed E-state index contributed by atoms with van der Waals surface area (Å²) in [5.41, 5.74) is 3.53. The molecular weight excluding hydrogens is 248 g/mol. The molecule has 2 aliphatic rings. The number of unbranched alkanes of at least 4 members (excludes halogenated alkanes) is 1. The van der Waals surface area contributed by atoms with Crippen molar-refractivity contribution >= 4 is 5.91 Å². The maximum atomic E-state index is 12.9. The monoisotopic (exact) mass is 272 g/mol. The van der Waals surface area contributed by atoms with Gasteiger partial charge in [0, 0.05) is 24.7 Å². The van der Waals surface area contributed by atoms with Crippen LogP contribution in [0.25, 0.3) is 0 Å². The topological polar surface area (TPSA) is 32.3 Å². The van der Waals surface area contributed by atoms with Gasteiger partial charge in [0.15, 0.2) is 0 Å². The van der Waals surface area contributed by atoms with E-state index in [2.05, 4.69) is 23.2 Å². The molecule has 3 rings (SSSR count). The highest BCUT2D eigenvalue weighted by molar-refractivity contribution is 5.96. The molecule has 0 spiro atoms. The molecule has 1 N–H and O–H groups in total. The first-order chi connectivity index (χ1) is 9.81. The third-order valence-electron chi connectivity index (χ3n) is 4.37. The predicted octanol–water partition coefficient (Wildman–Crippen LogP) is 2.74. The van der Waals surface area contributed by atoms with Crippen molar-refractivity contribution in [2.75, 3.05) is 13.1 Å². The number of rotatable bonds is 5. The summed E-state index contributed by atoms with van der Waals surface area (Å²) in [7, 11) is 0. The van der Waals surface area contributed by atoms with Crippen LogP contribution in [0.3, 0.4) is 0 Å². The van der Waals surface area contributed by atoms with Crippen LogP contribution in [0, 0.1) is 0 Å². The molecule has 0 aromatic heterocycles. The van der Waals surface area contributed by atoms with Crippen LogP contribution in [-0.4, -0.2) is 29.9 Å². The van der Waals surface area contributed by atoms with Gasteiger partial charge in [-0.1, -0.05) is 25.5 Å². The lowest BCUT2D eigenvalue weighted by Crippen LogP contribution is -2.36. The zero-order valence-electron chi connectivity index (χ0n) is 12.3. The third kappa shape index (κ3) is 2.73. The molecule has 1 aromatic rings. The highest BCUT2D eigenvalue weighted by Gasteiger charge is 2.33. The molecular formula is C17H24N2O. The van der Waals surface area contributed by atoms with Crippen molar-refractivity contribution in [3.63, 3.8) is 0 Å². The fourth-order valence-electron chi connectivity index (χ4n) is 3.05. The van der Waals surface area contributed by atoms with Crippen molar-refractivity contribution in [1.29, 1.82) is 0 Å². The van der Waals surface area contributed by atoms with Gasteiger partial charge in [-0.05, 0) is 49.4 Å². The summed E-state index contributed by atoms with van der Waals surface area (Å²) in [5.74, 6) is 0.264. The summed E-state index contributed by atoms with van der Waals surface area (Å²) < 4.78 is 0. The number of carbonyl (C=O) groups is 1. The molecule has 1 heterocycles. The first-order valence-corrected chi connectivity index (χ1v) is 7.93. The summed E-state index contributed by atoms with van der Waals surface area (Å²) >= 11 is 0. The molecule has 0 radical (unpaired) electrons. The number of hydrogen-bond donors (Lipinski definition) is 1. The molecule has 1 fully saturated rings. The molecule has 1 aliphatic heterocycles. The Morgan fingerprint density at radius 1 is 1.40 bits per heavy atom. The Bertz CT molecular complexity index is 494. The second-order valence-corrected chi connectivity index (χ2v) is 5.95. The summed E-state index contributed by atoms with van der Waals surface area (Å²) in [6.45, 7) is 4.98. The van der Waals surface area contributed by atoms with E-state index in [1.165, 1.54) is 24.0 Å². The van der Waals surface area contributed by atoms with Crippen LogP contribution in [0.1, 0.15) is 54.1 Å². The molecule has 3 nitrogen and oxygen atoms in total. The molecule has 1 aliphatic carbocycles. The van der Waals surface area contributed by atoms with Gasteiger partial charge in [0.25, 0.3) is 5.91 Å². The average molecular weight is 272 g/mol. The Morgan fingerprint density at radius 2 is 2.25 bits per heavy atom. The van der Waals surface area contributed by atoms with Gasteiger partial charge in [0.2, 0.25) is 0 Å². The van der Waals surface area contributed by atoms with Gasteiger partial charge in [-0.15, -0.1) is 0 Å². The van der Waals surface area contributed by atoms with Crippen LogP contribution in [0.15, 0.2) is 18.2 Å². The highest BCUT2D eigenvalue weighted by Crippen LogP contribution is 2.30. The molecule has 1 saturated carbocycles. The Balaban J connectivity index is 1.85. The van der Waals surface area contributed by atoms with Crippen LogP contribution < -0.4 is 5.32 Å². The smallest absolute Gasteiger partial charge is 0.254 e. The summed E-state index contributed by atoms with van der Waals surface area (Å²) in [4.78, 5) is 15.0. The maximum Gasteiger partial charge on any atom is 0.254 e. The lowest BCUT2D eigenvalue weighted by atomic mass is 9.94. The van der Waals surface area contributed by atoms with Gasteiger partial charge >= 0.3 is 0 Å². The Kier molecular flexibility index (Phi) is 4.06. The number of carbonyl (C=O) groups excluding carboxylic acids is 1. The fourth-order valence-corrected chi connectivity index (χ4v) is 3.05. The van der Waals surface area contributed by atoms with Gasteiger partial charge in [0.1, 0.15) is 0 Å². The van der Waals surface area contributed by atoms with E-state index in [-0.39, 0.29) is 5.91 Å². The van der Waals surface area contributed by atoms with Crippen molar-refractivity contribution < 1.29 is 4.79 Å². The Hall–Kier alpha value is -1.35. The number of benzene rings is 1. The molecule has 108 valence electrons. The third-order valence-corrected chi connectivity index (χ3v) is 4.37. The van der Waals surface area contributed by atoms with E-state index in [0.29, 0.717) is 6.04 Å². The van der Waals surface area contributed by atoms with Crippen molar-refractivity contribution in [2.45, 2.75) is 51.6 Å². The number of nitrogens with one attached hydrogen (secondary N) is 1. The minimum absolute atomic E-state index is 0.264. The van der Waals surface area contributed by atoms with Gasteiger partial charge in [-0.25, -0.2) is 0 Å². The number of hydrogen-bond acceptors (Lipinski definition) is 2. The Morgan fingerprint density at radius 3 is 3.00 bits per heavy atom. The van der Waals surface area contributed by atoms with Crippen molar-refractivity contribution in [3.05, 3.63) is 34.9 Å². The van der Waals surface area contributed by atoms with Gasteiger partial charge < -0.3 is 10.2 Å². The van der Waals surface area contributed by atoms with Crippen LogP contribution >= 0.6 is 0 Å². The van der Waals surface area contributed by atoms with E-state index in [1.54, 1.807) is 0 Å². The fraction of sp³-hybridized carbons (Fsp3) is 0.588. The predicted molar refractivity (Wildman–Crippen MR) is 80.8 cm³/mol. The van der Waals surface area contributed by atoms with E-state index in [1.807, 2.05) is 12.1 Å². The number of fused-ring (bicyclic) bond motifs is 1. The van der Waals surface area contributed by atoms with E-state index in [9.17, 15) is 4.79 Å². The van der Waals surface area contributed by atoms with E-state index in [0.717, 1.165) is 44.5 Å². The second-order valence-electron chi connectivity index (χ2n) is 5.95. The first-order valence-electron chi connectivity index (χ1n) is 7.93. The molecule has 0 bridgehead atoms. The minimum Gasteiger partial charge on any atom is -0.336 e. The number of nitrogens with zero attached hydrogens (tertiary/aromatic N) is 1. The lowest BCUT2D eigenvalue weighted by Gasteiger charge is -2.26. The van der Waals surface area contributed by atoms with Crippen LogP contribution in [-0.2, 0) is 13.0 Å². The van der Waals surface area contributed by atoms with E-state index < -0.39 is 0 Å². The molecule has 0 saturated heterocycles. The molecule has 1 aromatic carbocycles.